The highest BCUT2D eigenvalue weighted by Crippen LogP contribution is 2.55. The third kappa shape index (κ3) is 4.97. The molecule has 0 amide bonds. The van der Waals surface area contributed by atoms with Gasteiger partial charge in [0.1, 0.15) is 11.5 Å². The molecule has 11 heteroatoms. The summed E-state index contributed by atoms with van der Waals surface area (Å²) in [5, 5.41) is 21.9. The van der Waals surface area contributed by atoms with Crippen LogP contribution in [0.15, 0.2) is 24.3 Å². The molecule has 0 aliphatic rings. The number of benzene rings is 2. The van der Waals surface area contributed by atoms with Gasteiger partial charge in [0, 0.05) is 24.3 Å². The molecule has 0 radical (unpaired) electrons. The SMILES string of the molecule is Cc1cc([N+](=O)[O-])cc(C)c1OP(=S)(S)Oc1c(C)cc([N+](=O)[O-])cc1C. The Balaban J connectivity index is 2.35. The highest BCUT2D eigenvalue weighted by Gasteiger charge is 2.24. The lowest BCUT2D eigenvalue weighted by atomic mass is 10.1. The Morgan fingerprint density at radius 2 is 1.07 bits per heavy atom. The van der Waals surface area contributed by atoms with Gasteiger partial charge in [-0.1, -0.05) is 12.2 Å². The third-order valence-corrected chi connectivity index (χ3v) is 5.49. The largest absolute Gasteiger partial charge is 0.428 e. The molecule has 0 aromatic heterocycles. The molecule has 2 rings (SSSR count). The van der Waals surface area contributed by atoms with Crippen LogP contribution in [0.2, 0.25) is 0 Å². The molecular formula is C16H17N2O6PS2. The van der Waals surface area contributed by atoms with E-state index in [0.29, 0.717) is 33.8 Å². The Labute approximate surface area is 166 Å². The van der Waals surface area contributed by atoms with Crippen molar-refractivity contribution in [1.82, 2.24) is 0 Å². The average molecular weight is 428 g/mol. The molecule has 0 fully saturated rings. The van der Waals surface area contributed by atoms with E-state index in [4.69, 9.17) is 20.9 Å². The molecule has 0 atom stereocenters. The van der Waals surface area contributed by atoms with E-state index in [2.05, 4.69) is 12.2 Å². The van der Waals surface area contributed by atoms with E-state index in [0.717, 1.165) is 0 Å². The molecule has 2 aromatic carbocycles. The number of thiol groups is 1. The monoisotopic (exact) mass is 428 g/mol. The number of non-ortho nitro benzene ring substituents is 2. The van der Waals surface area contributed by atoms with Crippen molar-refractivity contribution in [2.45, 2.75) is 27.7 Å². The normalized spacial score (nSPS) is 11.1. The Bertz CT molecular complexity index is 873. The summed E-state index contributed by atoms with van der Waals surface area (Å²) in [6.45, 7) is 6.67. The molecule has 0 aliphatic carbocycles. The molecule has 0 bridgehead atoms. The van der Waals surface area contributed by atoms with Crippen LogP contribution < -0.4 is 9.05 Å². The van der Waals surface area contributed by atoms with Gasteiger partial charge in [0.15, 0.2) is 0 Å². The number of hydrogen-bond donors (Lipinski definition) is 1. The molecular weight excluding hydrogens is 411 g/mol. The van der Waals surface area contributed by atoms with Crippen LogP contribution in [0.25, 0.3) is 0 Å². The van der Waals surface area contributed by atoms with Gasteiger partial charge in [-0.2, -0.15) is 0 Å². The maximum absolute atomic E-state index is 11.0. The first-order valence-corrected chi connectivity index (χ1v) is 11.4. The van der Waals surface area contributed by atoms with Crippen molar-refractivity contribution in [3.63, 3.8) is 0 Å². The van der Waals surface area contributed by atoms with Crippen LogP contribution in [-0.4, -0.2) is 9.85 Å². The Morgan fingerprint density at radius 1 is 0.815 bits per heavy atom. The average Bonchev–Trinajstić information content (AvgIpc) is 2.53. The molecule has 0 spiro atoms. The van der Waals surface area contributed by atoms with Gasteiger partial charge in [0.2, 0.25) is 0 Å². The minimum atomic E-state index is -3.13. The second-order valence-corrected chi connectivity index (χ2v) is 11.1. The Morgan fingerprint density at radius 3 is 1.30 bits per heavy atom. The zero-order valence-electron chi connectivity index (χ0n) is 15.0. The van der Waals surface area contributed by atoms with E-state index >= 15 is 0 Å². The lowest BCUT2D eigenvalue weighted by Gasteiger charge is -2.22. The van der Waals surface area contributed by atoms with E-state index < -0.39 is 15.5 Å². The summed E-state index contributed by atoms with van der Waals surface area (Å²) < 4.78 is 11.6. The van der Waals surface area contributed by atoms with Crippen molar-refractivity contribution in [3.8, 4) is 11.5 Å². The van der Waals surface area contributed by atoms with Gasteiger partial charge in [-0.15, -0.1) is 0 Å². The lowest BCUT2D eigenvalue weighted by molar-refractivity contribution is -0.385. The fraction of sp³-hybridized carbons (Fsp3) is 0.250. The molecule has 2 aromatic rings. The quantitative estimate of drug-likeness (QED) is 0.286. The molecule has 0 heterocycles. The fourth-order valence-electron chi connectivity index (χ4n) is 2.60. The van der Waals surface area contributed by atoms with Crippen molar-refractivity contribution in [1.29, 1.82) is 0 Å². The minimum Gasteiger partial charge on any atom is -0.428 e. The van der Waals surface area contributed by atoms with Gasteiger partial charge in [0.05, 0.1) is 9.85 Å². The number of rotatable bonds is 6. The standard InChI is InChI=1S/C16H17N2O6PS2/c1-9-5-13(17(19)20)6-10(2)15(9)23-25(26,27)24-16-11(3)7-14(18(21)22)8-12(16)4/h5-8H,1-4H3,(H,26,27). The summed E-state index contributed by atoms with van der Waals surface area (Å²) in [6.07, 6.45) is 0. The van der Waals surface area contributed by atoms with Crippen LogP contribution in [0, 0.1) is 47.9 Å². The van der Waals surface area contributed by atoms with Gasteiger partial charge in [0.25, 0.3) is 11.4 Å². The number of nitro benzene ring substituents is 2. The molecule has 27 heavy (non-hydrogen) atoms. The van der Waals surface area contributed by atoms with Gasteiger partial charge in [-0.05, 0) is 61.8 Å². The van der Waals surface area contributed by atoms with Gasteiger partial charge < -0.3 is 9.05 Å². The maximum atomic E-state index is 11.0. The van der Waals surface area contributed by atoms with E-state index in [1.807, 2.05) is 0 Å². The van der Waals surface area contributed by atoms with Crippen molar-refractivity contribution < 1.29 is 18.9 Å². The number of nitro groups is 2. The number of aryl methyl sites for hydroxylation is 4. The fourth-order valence-corrected chi connectivity index (χ4v) is 4.61. The summed E-state index contributed by atoms with van der Waals surface area (Å²) in [7, 11) is 0. The molecule has 0 N–H and O–H groups in total. The number of hydrogen-bond acceptors (Lipinski definition) is 7. The van der Waals surface area contributed by atoms with Gasteiger partial charge in [-0.3, -0.25) is 20.2 Å². The highest BCUT2D eigenvalue weighted by molar-refractivity contribution is 8.60. The highest BCUT2D eigenvalue weighted by atomic mass is 32.9. The molecule has 0 saturated carbocycles. The summed E-state index contributed by atoms with van der Waals surface area (Å²) in [6, 6.07) is 5.53. The van der Waals surface area contributed by atoms with Crippen LogP contribution in [0.4, 0.5) is 11.4 Å². The molecule has 144 valence electrons. The smallest absolute Gasteiger partial charge is 0.345 e. The minimum absolute atomic E-state index is 0.0483. The Hall–Kier alpha value is -2.16. The topological polar surface area (TPSA) is 105 Å². The first-order chi connectivity index (χ1) is 12.4. The predicted octanol–water partition coefficient (Wildman–Crippen LogP) is 5.35. The summed E-state index contributed by atoms with van der Waals surface area (Å²) in [5.74, 6) is 0.743. The van der Waals surface area contributed by atoms with Crippen LogP contribution in [-0.2, 0) is 11.8 Å². The Kier molecular flexibility index (Phi) is 6.14. The van der Waals surface area contributed by atoms with E-state index in [1.165, 1.54) is 24.3 Å². The zero-order valence-corrected chi connectivity index (χ0v) is 17.6. The van der Waals surface area contributed by atoms with Crippen LogP contribution in [0.3, 0.4) is 0 Å². The second-order valence-electron chi connectivity index (χ2n) is 5.98. The van der Waals surface area contributed by atoms with Crippen molar-refractivity contribution in [2.24, 2.45) is 0 Å². The lowest BCUT2D eigenvalue weighted by Crippen LogP contribution is -2.02. The predicted molar refractivity (Wildman–Crippen MR) is 110 cm³/mol. The van der Waals surface area contributed by atoms with Crippen molar-refractivity contribution in [3.05, 3.63) is 66.7 Å². The zero-order chi connectivity index (χ0) is 20.5. The van der Waals surface area contributed by atoms with Crippen LogP contribution in [0.1, 0.15) is 22.3 Å². The third-order valence-electron chi connectivity index (χ3n) is 3.73. The van der Waals surface area contributed by atoms with Crippen LogP contribution in [0.5, 0.6) is 11.5 Å². The van der Waals surface area contributed by atoms with Crippen molar-refractivity contribution >= 4 is 41.1 Å². The number of nitrogens with zero attached hydrogens (tertiary/aromatic N) is 2. The van der Waals surface area contributed by atoms with E-state index in [-0.39, 0.29) is 11.4 Å². The van der Waals surface area contributed by atoms with Crippen molar-refractivity contribution in [2.75, 3.05) is 0 Å². The summed E-state index contributed by atoms with van der Waals surface area (Å²) in [5.41, 5.74) is -1.10. The molecule has 0 unspecified atom stereocenters. The summed E-state index contributed by atoms with van der Waals surface area (Å²) >= 11 is 9.72. The van der Waals surface area contributed by atoms with E-state index in [9.17, 15) is 20.2 Å². The van der Waals surface area contributed by atoms with Crippen LogP contribution >= 0.6 is 17.9 Å². The molecule has 0 aliphatic heterocycles. The molecule has 8 nitrogen and oxygen atoms in total. The second kappa shape index (κ2) is 7.84. The summed E-state index contributed by atoms with van der Waals surface area (Å²) in [4.78, 5) is 20.9. The van der Waals surface area contributed by atoms with E-state index in [1.54, 1.807) is 27.7 Å². The van der Waals surface area contributed by atoms with Gasteiger partial charge >= 0.3 is 5.69 Å². The molecule has 0 saturated heterocycles. The van der Waals surface area contributed by atoms with Gasteiger partial charge in [-0.25, -0.2) is 0 Å². The first kappa shape index (κ1) is 21.1. The first-order valence-electron chi connectivity index (χ1n) is 7.64. The maximum Gasteiger partial charge on any atom is 0.345 e.